The lowest BCUT2D eigenvalue weighted by Crippen LogP contribution is -2.43. The number of nitrogens with one attached hydrogen (secondary N) is 3. The second kappa shape index (κ2) is 9.37. The number of anilines is 1. The van der Waals surface area contributed by atoms with Crippen LogP contribution >= 0.6 is 23.4 Å². The minimum Gasteiger partial charge on any atom is -0.495 e. The summed E-state index contributed by atoms with van der Waals surface area (Å²) in [6.07, 6.45) is 1.29. The molecular weight excluding hydrogens is 434 g/mol. The van der Waals surface area contributed by atoms with Crippen molar-refractivity contribution in [2.45, 2.75) is 0 Å². The highest BCUT2D eigenvalue weighted by atomic mass is 35.5. The zero-order valence-electron chi connectivity index (χ0n) is 15.4. The van der Waals surface area contributed by atoms with Crippen molar-refractivity contribution in [2.75, 3.05) is 18.2 Å². The number of amides is 3. The predicted molar refractivity (Wildman–Crippen MR) is 113 cm³/mol. The number of ether oxygens (including phenoxy) is 1. The second-order valence-corrected chi connectivity index (χ2v) is 7.04. The molecule has 3 rings (SSSR count). The summed E-state index contributed by atoms with van der Waals surface area (Å²) in [4.78, 5) is 43.8. The number of nitrogens with zero attached hydrogens (tertiary/aromatic N) is 2. The normalized spacial score (nSPS) is 14.9. The van der Waals surface area contributed by atoms with Crippen LogP contribution in [0.4, 0.5) is 5.69 Å². The molecule has 10 nitrogen and oxygen atoms in total. The lowest BCUT2D eigenvalue weighted by atomic mass is 10.3. The Labute approximate surface area is 179 Å². The Morgan fingerprint density at radius 2 is 2.20 bits per heavy atom. The minimum absolute atomic E-state index is 0.0302. The minimum atomic E-state index is -0.809. The maximum Gasteiger partial charge on any atom is 0.313 e. The van der Waals surface area contributed by atoms with Crippen molar-refractivity contribution in [3.8, 4) is 5.75 Å². The van der Waals surface area contributed by atoms with Gasteiger partial charge in [0.1, 0.15) is 5.75 Å². The number of thioether (sulfide) groups is 1. The molecule has 1 aromatic heterocycles. The molecule has 0 bridgehead atoms. The van der Waals surface area contributed by atoms with Crippen molar-refractivity contribution in [3.05, 3.63) is 47.4 Å². The molecule has 0 saturated carbocycles. The SMILES string of the molecule is COc1ccc(Cl)cc1NC(=O)CSC1=NC(=N)C(=NC(=O)c2ccco2)C(=O)N1. The van der Waals surface area contributed by atoms with Gasteiger partial charge in [0.05, 0.1) is 24.8 Å². The van der Waals surface area contributed by atoms with Gasteiger partial charge in [0.2, 0.25) is 5.91 Å². The van der Waals surface area contributed by atoms with E-state index < -0.39 is 29.3 Å². The maximum absolute atomic E-state index is 12.2. The number of benzene rings is 1. The summed E-state index contributed by atoms with van der Waals surface area (Å²) >= 11 is 6.83. The summed E-state index contributed by atoms with van der Waals surface area (Å²) in [6, 6.07) is 7.66. The Morgan fingerprint density at radius 1 is 1.40 bits per heavy atom. The molecule has 1 aliphatic heterocycles. The first-order valence-electron chi connectivity index (χ1n) is 8.29. The molecule has 3 N–H and O–H groups in total. The lowest BCUT2D eigenvalue weighted by Gasteiger charge is -2.15. The van der Waals surface area contributed by atoms with Gasteiger partial charge < -0.3 is 14.5 Å². The molecule has 3 amide bonds. The lowest BCUT2D eigenvalue weighted by molar-refractivity contribution is -0.114. The first-order chi connectivity index (χ1) is 14.4. The number of rotatable bonds is 5. The fourth-order valence-electron chi connectivity index (χ4n) is 2.27. The van der Waals surface area contributed by atoms with Crippen LogP contribution in [0, 0.1) is 5.41 Å². The zero-order valence-corrected chi connectivity index (χ0v) is 17.0. The number of aliphatic imine (C=N–C) groups is 2. The number of furan rings is 1. The van der Waals surface area contributed by atoms with Crippen molar-refractivity contribution in [3.63, 3.8) is 0 Å². The fourth-order valence-corrected chi connectivity index (χ4v) is 3.11. The van der Waals surface area contributed by atoms with Gasteiger partial charge in [-0.25, -0.2) is 4.99 Å². The fraction of sp³-hybridized carbons (Fsp3) is 0.111. The van der Waals surface area contributed by atoms with Crippen molar-refractivity contribution in [1.82, 2.24) is 5.32 Å². The van der Waals surface area contributed by atoms with Crippen LogP contribution in [0.5, 0.6) is 5.75 Å². The monoisotopic (exact) mass is 447 g/mol. The summed E-state index contributed by atoms with van der Waals surface area (Å²) in [5.74, 6) is -2.25. The summed E-state index contributed by atoms with van der Waals surface area (Å²) in [5.41, 5.74) is -0.0577. The molecule has 0 fully saturated rings. The summed E-state index contributed by atoms with van der Waals surface area (Å²) in [6.45, 7) is 0. The van der Waals surface area contributed by atoms with Gasteiger partial charge in [0.15, 0.2) is 22.5 Å². The van der Waals surface area contributed by atoms with Crippen LogP contribution in [0.2, 0.25) is 5.02 Å². The quantitative estimate of drug-likeness (QED) is 0.641. The van der Waals surface area contributed by atoms with Crippen LogP contribution in [0.15, 0.2) is 51.0 Å². The van der Waals surface area contributed by atoms with Gasteiger partial charge in [-0.05, 0) is 30.3 Å². The number of carbonyl (C=O) groups excluding carboxylic acids is 3. The molecule has 0 radical (unpaired) electrons. The van der Waals surface area contributed by atoms with Crippen molar-refractivity contribution < 1.29 is 23.5 Å². The van der Waals surface area contributed by atoms with Gasteiger partial charge in [0, 0.05) is 5.02 Å². The largest absolute Gasteiger partial charge is 0.495 e. The molecule has 154 valence electrons. The Hall–Kier alpha value is -3.44. The van der Waals surface area contributed by atoms with Crippen LogP contribution in [-0.4, -0.2) is 47.3 Å². The van der Waals surface area contributed by atoms with E-state index in [2.05, 4.69) is 20.6 Å². The standard InChI is InChI=1S/C18H14ClN5O5S/c1-28-11-5-4-9(19)7-10(11)21-13(25)8-30-18-23-15(20)14(17(27)24-18)22-16(26)12-3-2-6-29-12/h2-7H,8H2,1H3,(H,21,25)(H2,20,23,24,27). The molecule has 0 spiro atoms. The van der Waals surface area contributed by atoms with Gasteiger partial charge >= 0.3 is 5.91 Å². The molecular formula is C18H14ClN5O5S. The zero-order chi connectivity index (χ0) is 21.7. The summed E-state index contributed by atoms with van der Waals surface area (Å²) in [5, 5.41) is 13.4. The van der Waals surface area contributed by atoms with Gasteiger partial charge in [-0.3, -0.25) is 25.1 Å². The molecule has 1 aliphatic rings. The van der Waals surface area contributed by atoms with Crippen molar-refractivity contribution in [2.24, 2.45) is 9.98 Å². The molecule has 2 aromatic rings. The highest BCUT2D eigenvalue weighted by Gasteiger charge is 2.26. The van der Waals surface area contributed by atoms with E-state index in [1.54, 1.807) is 12.1 Å². The number of halogens is 1. The second-order valence-electron chi connectivity index (χ2n) is 5.64. The van der Waals surface area contributed by atoms with E-state index in [1.807, 2.05) is 0 Å². The third kappa shape index (κ3) is 5.13. The van der Waals surface area contributed by atoms with E-state index in [4.69, 9.17) is 26.2 Å². The molecule has 2 heterocycles. The first-order valence-corrected chi connectivity index (χ1v) is 9.65. The average molecular weight is 448 g/mol. The Morgan fingerprint density at radius 3 is 2.87 bits per heavy atom. The number of carbonyl (C=O) groups is 3. The van der Waals surface area contributed by atoms with Crippen LogP contribution in [-0.2, 0) is 9.59 Å². The predicted octanol–water partition coefficient (Wildman–Crippen LogP) is 2.36. The third-order valence-corrected chi connectivity index (χ3v) is 4.70. The van der Waals surface area contributed by atoms with Crippen LogP contribution < -0.4 is 15.4 Å². The molecule has 0 saturated heterocycles. The number of methoxy groups -OCH3 is 1. The van der Waals surface area contributed by atoms with E-state index in [0.717, 1.165) is 11.8 Å². The van der Waals surface area contributed by atoms with E-state index in [9.17, 15) is 14.4 Å². The number of hydrogen-bond acceptors (Lipinski definition) is 7. The van der Waals surface area contributed by atoms with E-state index in [1.165, 1.54) is 31.6 Å². The topological polar surface area (TPSA) is 146 Å². The van der Waals surface area contributed by atoms with Gasteiger partial charge in [-0.2, -0.15) is 4.99 Å². The van der Waals surface area contributed by atoms with Crippen LogP contribution in [0.3, 0.4) is 0 Å². The highest BCUT2D eigenvalue weighted by molar-refractivity contribution is 8.14. The van der Waals surface area contributed by atoms with Gasteiger partial charge in [-0.15, -0.1) is 0 Å². The Bertz CT molecular complexity index is 1080. The molecule has 12 heteroatoms. The first kappa shape index (κ1) is 21.3. The average Bonchev–Trinajstić information content (AvgIpc) is 3.24. The van der Waals surface area contributed by atoms with E-state index in [0.29, 0.717) is 16.5 Å². The Kier molecular flexibility index (Phi) is 6.65. The molecule has 0 aliphatic carbocycles. The van der Waals surface area contributed by atoms with E-state index in [-0.39, 0.29) is 16.7 Å². The smallest absolute Gasteiger partial charge is 0.313 e. The van der Waals surface area contributed by atoms with Crippen molar-refractivity contribution in [1.29, 1.82) is 5.41 Å². The summed E-state index contributed by atoms with van der Waals surface area (Å²) in [7, 11) is 1.46. The van der Waals surface area contributed by atoms with E-state index >= 15 is 0 Å². The summed E-state index contributed by atoms with van der Waals surface area (Å²) < 4.78 is 10.1. The van der Waals surface area contributed by atoms with Crippen LogP contribution in [0.1, 0.15) is 10.6 Å². The van der Waals surface area contributed by atoms with Gasteiger partial charge in [0.25, 0.3) is 5.91 Å². The Balaban J connectivity index is 1.62. The van der Waals surface area contributed by atoms with Gasteiger partial charge in [-0.1, -0.05) is 23.4 Å². The molecule has 0 unspecified atom stereocenters. The number of hydrogen-bond donors (Lipinski definition) is 3. The molecule has 30 heavy (non-hydrogen) atoms. The third-order valence-electron chi connectivity index (χ3n) is 3.59. The number of amidine groups is 2. The maximum atomic E-state index is 12.2. The molecule has 1 aromatic carbocycles. The van der Waals surface area contributed by atoms with Crippen LogP contribution in [0.25, 0.3) is 0 Å². The molecule has 0 atom stereocenters. The van der Waals surface area contributed by atoms with Crippen molar-refractivity contribution >= 4 is 63.5 Å². The highest BCUT2D eigenvalue weighted by Crippen LogP contribution is 2.27.